The van der Waals surface area contributed by atoms with Crippen LogP contribution in [0, 0.1) is 0 Å². The Balaban J connectivity index is 1.80. The van der Waals surface area contributed by atoms with Gasteiger partial charge in [0.15, 0.2) is 0 Å². The molecule has 22 heavy (non-hydrogen) atoms. The molecule has 0 unspecified atom stereocenters. The molecule has 4 rings (SSSR count). The summed E-state index contributed by atoms with van der Waals surface area (Å²) in [4.78, 5) is 8.81. The van der Waals surface area contributed by atoms with Gasteiger partial charge in [-0.05, 0) is 17.2 Å². The number of nitrogens with zero attached hydrogens (tertiary/aromatic N) is 3. The third kappa shape index (κ3) is 2.07. The maximum absolute atomic E-state index is 4.47. The van der Waals surface area contributed by atoms with Gasteiger partial charge in [0.2, 0.25) is 0 Å². The Morgan fingerprint density at radius 2 is 1.41 bits per heavy atom. The first-order chi connectivity index (χ1) is 10.8. The van der Waals surface area contributed by atoms with Crippen LogP contribution in [0.25, 0.3) is 33.4 Å². The maximum Gasteiger partial charge on any atom is 0.143 e. The summed E-state index contributed by atoms with van der Waals surface area (Å²) in [7, 11) is 2.00. The molecule has 3 heteroatoms. The maximum atomic E-state index is 4.47. The van der Waals surface area contributed by atoms with Crippen molar-refractivity contribution in [3.05, 3.63) is 73.2 Å². The van der Waals surface area contributed by atoms with Crippen molar-refractivity contribution in [2.45, 2.75) is 0 Å². The molecule has 2 heterocycles. The van der Waals surface area contributed by atoms with Crippen molar-refractivity contribution >= 4 is 11.0 Å². The zero-order valence-corrected chi connectivity index (χ0v) is 12.3. The second kappa shape index (κ2) is 5.11. The predicted octanol–water partition coefficient (Wildman–Crippen LogP) is 4.30. The van der Waals surface area contributed by atoms with Crippen molar-refractivity contribution in [3.63, 3.8) is 0 Å². The molecule has 0 radical (unpaired) electrons. The van der Waals surface area contributed by atoms with Gasteiger partial charge < -0.3 is 4.57 Å². The van der Waals surface area contributed by atoms with E-state index in [0.29, 0.717) is 0 Å². The Kier molecular flexibility index (Phi) is 2.97. The zero-order chi connectivity index (χ0) is 14.9. The first-order valence-electron chi connectivity index (χ1n) is 7.25. The minimum atomic E-state index is 0.956. The average molecular weight is 285 g/mol. The highest BCUT2D eigenvalue weighted by Gasteiger charge is 2.08. The van der Waals surface area contributed by atoms with Crippen LogP contribution in [0.3, 0.4) is 0 Å². The second-order valence-corrected chi connectivity index (χ2v) is 5.33. The summed E-state index contributed by atoms with van der Waals surface area (Å²) in [5, 5.41) is 1.08. The second-order valence-electron chi connectivity index (χ2n) is 5.33. The number of benzene rings is 2. The largest absolute Gasteiger partial charge is 0.335 e. The molecule has 2 aromatic carbocycles. The fourth-order valence-electron chi connectivity index (χ4n) is 2.76. The van der Waals surface area contributed by atoms with Crippen molar-refractivity contribution in [2.75, 3.05) is 0 Å². The van der Waals surface area contributed by atoms with Crippen LogP contribution in [0.15, 0.2) is 73.2 Å². The molecule has 0 aliphatic rings. The van der Waals surface area contributed by atoms with E-state index < -0.39 is 0 Å². The van der Waals surface area contributed by atoms with Crippen LogP contribution < -0.4 is 0 Å². The quantitative estimate of drug-likeness (QED) is 0.549. The van der Waals surface area contributed by atoms with E-state index in [-0.39, 0.29) is 0 Å². The molecule has 0 aliphatic carbocycles. The van der Waals surface area contributed by atoms with Gasteiger partial charge in [-0.1, -0.05) is 54.6 Å². The lowest BCUT2D eigenvalue weighted by atomic mass is 10.0. The highest BCUT2D eigenvalue weighted by atomic mass is 15.0. The van der Waals surface area contributed by atoms with Gasteiger partial charge in [-0.3, -0.25) is 0 Å². The van der Waals surface area contributed by atoms with Crippen molar-refractivity contribution in [1.29, 1.82) is 0 Å². The van der Waals surface area contributed by atoms with E-state index in [1.165, 1.54) is 11.1 Å². The lowest BCUT2D eigenvalue weighted by molar-refractivity contribution is 0.944. The SMILES string of the molecule is Cn1ccc2c(-c3ccc(-c4ccccc4)cc3)ncnc21. The van der Waals surface area contributed by atoms with E-state index in [1.807, 2.05) is 23.9 Å². The van der Waals surface area contributed by atoms with Crippen LogP contribution in [0.5, 0.6) is 0 Å². The third-order valence-corrected chi connectivity index (χ3v) is 3.93. The lowest BCUT2D eigenvalue weighted by Crippen LogP contribution is -1.91. The fraction of sp³-hybridized carbons (Fsp3) is 0.0526. The zero-order valence-electron chi connectivity index (χ0n) is 12.3. The van der Waals surface area contributed by atoms with Crippen molar-refractivity contribution in [1.82, 2.24) is 14.5 Å². The number of hydrogen-bond donors (Lipinski definition) is 0. The van der Waals surface area contributed by atoms with Gasteiger partial charge in [0, 0.05) is 24.2 Å². The van der Waals surface area contributed by atoms with Gasteiger partial charge in [-0.25, -0.2) is 9.97 Å². The van der Waals surface area contributed by atoms with Crippen LogP contribution in [0.1, 0.15) is 0 Å². The molecule has 0 saturated carbocycles. The average Bonchev–Trinajstić information content (AvgIpc) is 2.97. The summed E-state index contributed by atoms with van der Waals surface area (Å²) in [6.45, 7) is 0. The first kappa shape index (κ1) is 12.8. The summed E-state index contributed by atoms with van der Waals surface area (Å²) < 4.78 is 2.01. The van der Waals surface area contributed by atoms with E-state index in [4.69, 9.17) is 0 Å². The Hall–Kier alpha value is -2.94. The molecule has 3 nitrogen and oxygen atoms in total. The Morgan fingerprint density at radius 1 is 0.727 bits per heavy atom. The molecule has 0 aliphatic heterocycles. The van der Waals surface area contributed by atoms with Crippen molar-refractivity contribution in [2.24, 2.45) is 7.05 Å². The molecular weight excluding hydrogens is 270 g/mol. The van der Waals surface area contributed by atoms with Gasteiger partial charge in [0.1, 0.15) is 12.0 Å². The van der Waals surface area contributed by atoms with Crippen LogP contribution in [-0.2, 0) is 7.05 Å². The third-order valence-electron chi connectivity index (χ3n) is 3.93. The van der Waals surface area contributed by atoms with Crippen LogP contribution in [-0.4, -0.2) is 14.5 Å². The molecule has 0 fully saturated rings. The van der Waals surface area contributed by atoms with Gasteiger partial charge in [-0.2, -0.15) is 0 Å². The molecule has 4 aromatic rings. The monoisotopic (exact) mass is 285 g/mol. The highest BCUT2D eigenvalue weighted by molar-refractivity contribution is 5.91. The van der Waals surface area contributed by atoms with E-state index in [9.17, 15) is 0 Å². The number of hydrogen-bond acceptors (Lipinski definition) is 2. The molecule has 0 bridgehead atoms. The van der Waals surface area contributed by atoms with Gasteiger partial charge in [0.05, 0.1) is 5.69 Å². The molecule has 0 spiro atoms. The minimum absolute atomic E-state index is 0.956. The van der Waals surface area contributed by atoms with Gasteiger partial charge in [-0.15, -0.1) is 0 Å². The van der Waals surface area contributed by atoms with E-state index in [1.54, 1.807) is 6.33 Å². The summed E-state index contributed by atoms with van der Waals surface area (Å²) in [5.41, 5.74) is 5.48. The van der Waals surface area contributed by atoms with E-state index in [0.717, 1.165) is 22.3 Å². The molecule has 0 saturated heterocycles. The Morgan fingerprint density at radius 3 is 2.18 bits per heavy atom. The Labute approximate surface area is 128 Å². The number of aromatic nitrogens is 3. The normalized spacial score (nSPS) is 11.0. The molecular formula is C19H15N3. The Bertz CT molecular complexity index is 922. The molecule has 0 atom stereocenters. The topological polar surface area (TPSA) is 30.7 Å². The molecule has 2 aromatic heterocycles. The van der Waals surface area contributed by atoms with E-state index in [2.05, 4.69) is 64.6 Å². The number of fused-ring (bicyclic) bond motifs is 1. The standard InChI is InChI=1S/C19H15N3/c1-22-12-11-17-18(20-13-21-19(17)22)16-9-7-15(8-10-16)14-5-3-2-4-6-14/h2-13H,1H3. The molecule has 0 amide bonds. The van der Waals surface area contributed by atoms with Crippen LogP contribution in [0.2, 0.25) is 0 Å². The molecule has 106 valence electrons. The van der Waals surface area contributed by atoms with Crippen molar-refractivity contribution < 1.29 is 0 Å². The summed E-state index contributed by atoms with van der Waals surface area (Å²) in [6, 6.07) is 21.0. The fourth-order valence-corrected chi connectivity index (χ4v) is 2.76. The smallest absolute Gasteiger partial charge is 0.143 e. The highest BCUT2D eigenvalue weighted by Crippen LogP contribution is 2.28. The predicted molar refractivity (Wildman–Crippen MR) is 89.4 cm³/mol. The van der Waals surface area contributed by atoms with Crippen LogP contribution in [0.4, 0.5) is 0 Å². The molecule has 0 N–H and O–H groups in total. The number of aryl methyl sites for hydroxylation is 1. The lowest BCUT2D eigenvalue weighted by Gasteiger charge is -2.05. The van der Waals surface area contributed by atoms with Gasteiger partial charge >= 0.3 is 0 Å². The summed E-state index contributed by atoms with van der Waals surface area (Å²) >= 11 is 0. The van der Waals surface area contributed by atoms with Crippen LogP contribution >= 0.6 is 0 Å². The summed E-state index contributed by atoms with van der Waals surface area (Å²) in [6.07, 6.45) is 3.64. The summed E-state index contributed by atoms with van der Waals surface area (Å²) in [5.74, 6) is 0. The minimum Gasteiger partial charge on any atom is -0.335 e. The van der Waals surface area contributed by atoms with Gasteiger partial charge in [0.25, 0.3) is 0 Å². The van der Waals surface area contributed by atoms with Crippen molar-refractivity contribution in [3.8, 4) is 22.4 Å². The van der Waals surface area contributed by atoms with E-state index >= 15 is 0 Å². The number of rotatable bonds is 2. The first-order valence-corrected chi connectivity index (χ1v) is 7.25.